The number of hydrogen-bond acceptors (Lipinski definition) is 1. The molecule has 0 heterocycles. The van der Waals surface area contributed by atoms with Crippen LogP contribution in [0.25, 0.3) is 0 Å². The Morgan fingerprint density at radius 3 is 2.00 bits per heavy atom. The lowest BCUT2D eigenvalue weighted by molar-refractivity contribution is 0.328. The van der Waals surface area contributed by atoms with E-state index >= 15 is 0 Å². The first-order valence-corrected chi connectivity index (χ1v) is 3.25. The molecule has 0 spiro atoms. The molecule has 1 N–H and O–H groups in total. The third-order valence-electron chi connectivity index (χ3n) is 0.929. The first-order valence-electron chi connectivity index (χ1n) is 3.25. The minimum absolute atomic E-state index is 0.178. The molecule has 9 heavy (non-hydrogen) atoms. The summed E-state index contributed by atoms with van der Waals surface area (Å²) in [4.78, 5) is 0. The van der Waals surface area contributed by atoms with Gasteiger partial charge in [0.1, 0.15) is 0 Å². The van der Waals surface area contributed by atoms with E-state index in [0.29, 0.717) is 0 Å². The van der Waals surface area contributed by atoms with Crippen LogP contribution in [0.15, 0.2) is 11.6 Å². The van der Waals surface area contributed by atoms with Gasteiger partial charge in [-0.25, -0.2) is 0 Å². The molecule has 0 amide bonds. The molecule has 0 bridgehead atoms. The monoisotopic (exact) mass is 128 g/mol. The summed E-state index contributed by atoms with van der Waals surface area (Å²) in [6, 6.07) is 0. The zero-order valence-corrected chi connectivity index (χ0v) is 6.73. The van der Waals surface area contributed by atoms with Crippen molar-refractivity contribution in [2.75, 3.05) is 6.61 Å². The SMILES string of the molecule is C/C(=C\C(C)(C)C)CO. The van der Waals surface area contributed by atoms with Crippen molar-refractivity contribution in [1.29, 1.82) is 0 Å². The van der Waals surface area contributed by atoms with Crippen molar-refractivity contribution in [1.82, 2.24) is 0 Å². The number of aliphatic hydroxyl groups is 1. The molecule has 0 aromatic carbocycles. The van der Waals surface area contributed by atoms with E-state index in [1.807, 2.05) is 6.92 Å². The summed E-state index contributed by atoms with van der Waals surface area (Å²) in [5.74, 6) is 0. The average Bonchev–Trinajstić information content (AvgIpc) is 1.62. The molecule has 0 aliphatic heterocycles. The fraction of sp³-hybridized carbons (Fsp3) is 0.750. The molecule has 0 aromatic rings. The van der Waals surface area contributed by atoms with Crippen LogP contribution in [0.5, 0.6) is 0 Å². The molecule has 0 aliphatic carbocycles. The van der Waals surface area contributed by atoms with Crippen molar-refractivity contribution >= 4 is 0 Å². The molecule has 54 valence electrons. The lowest BCUT2D eigenvalue weighted by Crippen LogP contribution is -2.01. The lowest BCUT2D eigenvalue weighted by Gasteiger charge is -2.12. The Hall–Kier alpha value is -0.300. The van der Waals surface area contributed by atoms with Crippen LogP contribution in [0.1, 0.15) is 27.7 Å². The second kappa shape index (κ2) is 3.02. The minimum Gasteiger partial charge on any atom is -0.392 e. The summed E-state index contributed by atoms with van der Waals surface area (Å²) in [6.07, 6.45) is 2.08. The first kappa shape index (κ1) is 8.70. The van der Waals surface area contributed by atoms with Gasteiger partial charge in [0.2, 0.25) is 0 Å². The summed E-state index contributed by atoms with van der Waals surface area (Å²) in [6.45, 7) is 8.47. The maximum atomic E-state index is 8.63. The first-order chi connectivity index (χ1) is 3.95. The predicted molar refractivity (Wildman–Crippen MR) is 40.3 cm³/mol. The van der Waals surface area contributed by atoms with Crippen LogP contribution in [0.4, 0.5) is 0 Å². The smallest absolute Gasteiger partial charge is 0.0639 e. The van der Waals surface area contributed by atoms with Gasteiger partial charge in [0.05, 0.1) is 6.61 Å². The lowest BCUT2D eigenvalue weighted by atomic mass is 9.94. The molecule has 0 aliphatic rings. The molecule has 0 radical (unpaired) electrons. The zero-order valence-electron chi connectivity index (χ0n) is 6.73. The fourth-order valence-corrected chi connectivity index (χ4v) is 0.785. The third kappa shape index (κ3) is 5.57. The van der Waals surface area contributed by atoms with E-state index in [-0.39, 0.29) is 12.0 Å². The van der Waals surface area contributed by atoms with Gasteiger partial charge in [-0.1, -0.05) is 32.4 Å². The molecule has 0 aromatic heterocycles. The van der Waals surface area contributed by atoms with Gasteiger partial charge in [0.15, 0.2) is 0 Å². The van der Waals surface area contributed by atoms with Crippen molar-refractivity contribution in [3.8, 4) is 0 Å². The quantitative estimate of drug-likeness (QED) is 0.535. The zero-order chi connectivity index (χ0) is 7.49. The van der Waals surface area contributed by atoms with Crippen molar-refractivity contribution < 1.29 is 5.11 Å². The number of hydrogen-bond donors (Lipinski definition) is 1. The van der Waals surface area contributed by atoms with E-state index in [9.17, 15) is 0 Å². The van der Waals surface area contributed by atoms with E-state index < -0.39 is 0 Å². The Kier molecular flexibility index (Phi) is 2.92. The summed E-state index contributed by atoms with van der Waals surface area (Å²) in [5.41, 5.74) is 1.25. The van der Waals surface area contributed by atoms with E-state index in [2.05, 4.69) is 26.8 Å². The molecule has 0 unspecified atom stereocenters. The molecular formula is C8H16O. The van der Waals surface area contributed by atoms with Crippen molar-refractivity contribution in [2.45, 2.75) is 27.7 Å². The minimum atomic E-state index is 0.178. The van der Waals surface area contributed by atoms with Gasteiger partial charge >= 0.3 is 0 Å². The summed E-state index contributed by atoms with van der Waals surface area (Å²) < 4.78 is 0. The fourth-order valence-electron chi connectivity index (χ4n) is 0.785. The van der Waals surface area contributed by atoms with Gasteiger partial charge in [-0.3, -0.25) is 0 Å². The Morgan fingerprint density at radius 2 is 1.89 bits per heavy atom. The van der Waals surface area contributed by atoms with Gasteiger partial charge in [0.25, 0.3) is 0 Å². The number of allylic oxidation sites excluding steroid dienone is 1. The van der Waals surface area contributed by atoms with E-state index in [1.54, 1.807) is 0 Å². The molecular weight excluding hydrogens is 112 g/mol. The van der Waals surface area contributed by atoms with Gasteiger partial charge in [-0.2, -0.15) is 0 Å². The molecule has 1 heteroatoms. The second-order valence-corrected chi connectivity index (χ2v) is 3.51. The highest BCUT2D eigenvalue weighted by atomic mass is 16.3. The second-order valence-electron chi connectivity index (χ2n) is 3.51. The van der Waals surface area contributed by atoms with Gasteiger partial charge in [-0.05, 0) is 12.3 Å². The molecule has 0 saturated heterocycles. The predicted octanol–water partition coefficient (Wildman–Crippen LogP) is 1.97. The standard InChI is InChI=1S/C8H16O/c1-7(6-9)5-8(2,3)4/h5,9H,6H2,1-4H3/b7-5+. The van der Waals surface area contributed by atoms with Crippen molar-refractivity contribution in [3.63, 3.8) is 0 Å². The van der Waals surface area contributed by atoms with Crippen molar-refractivity contribution in [3.05, 3.63) is 11.6 Å². The van der Waals surface area contributed by atoms with Crippen LogP contribution in [0, 0.1) is 5.41 Å². The largest absolute Gasteiger partial charge is 0.392 e. The average molecular weight is 128 g/mol. The Morgan fingerprint density at radius 1 is 1.44 bits per heavy atom. The van der Waals surface area contributed by atoms with Crippen LogP contribution in [-0.4, -0.2) is 11.7 Å². The third-order valence-corrected chi connectivity index (χ3v) is 0.929. The number of aliphatic hydroxyl groups excluding tert-OH is 1. The van der Waals surface area contributed by atoms with Crippen LogP contribution in [0.3, 0.4) is 0 Å². The molecule has 0 fully saturated rings. The summed E-state index contributed by atoms with van der Waals surface area (Å²) in [5, 5.41) is 8.63. The summed E-state index contributed by atoms with van der Waals surface area (Å²) >= 11 is 0. The Bertz CT molecular complexity index is 106. The van der Waals surface area contributed by atoms with Gasteiger partial charge < -0.3 is 5.11 Å². The van der Waals surface area contributed by atoms with Crippen LogP contribution in [-0.2, 0) is 0 Å². The topological polar surface area (TPSA) is 20.2 Å². The van der Waals surface area contributed by atoms with E-state index in [4.69, 9.17) is 5.11 Å². The normalized spacial score (nSPS) is 14.1. The van der Waals surface area contributed by atoms with E-state index in [1.165, 1.54) is 0 Å². The van der Waals surface area contributed by atoms with Crippen LogP contribution >= 0.6 is 0 Å². The van der Waals surface area contributed by atoms with Gasteiger partial charge in [0, 0.05) is 0 Å². The molecule has 0 atom stereocenters. The van der Waals surface area contributed by atoms with Crippen LogP contribution in [0.2, 0.25) is 0 Å². The Labute approximate surface area is 57.4 Å². The highest BCUT2D eigenvalue weighted by Gasteiger charge is 2.04. The Balaban J connectivity index is 3.95. The molecule has 1 nitrogen and oxygen atoms in total. The van der Waals surface area contributed by atoms with Gasteiger partial charge in [-0.15, -0.1) is 0 Å². The molecule has 0 rings (SSSR count). The van der Waals surface area contributed by atoms with Crippen molar-refractivity contribution in [2.24, 2.45) is 5.41 Å². The molecule has 0 saturated carbocycles. The highest BCUT2D eigenvalue weighted by Crippen LogP contribution is 2.16. The maximum absolute atomic E-state index is 8.63. The van der Waals surface area contributed by atoms with E-state index in [0.717, 1.165) is 5.57 Å². The highest BCUT2D eigenvalue weighted by molar-refractivity contribution is 5.03. The maximum Gasteiger partial charge on any atom is 0.0639 e. The number of rotatable bonds is 1. The summed E-state index contributed by atoms with van der Waals surface area (Å²) in [7, 11) is 0. The van der Waals surface area contributed by atoms with Crippen LogP contribution < -0.4 is 0 Å².